The standard InChI is InChI=1S/C38H42N2O6/c1-27-34(25-40(23-28-9-4-2-5-10-28)24-29-11-6-3-7-12-29)45-38(46-37(27)31-17-15-30(26-41)16-18-31)32-19-21-33(22-20-32)39-35(42)13-8-14-36(43)44/h2-7,9-12,15-22,27,34,37-38,41H,8,13-14,23-26H2,1H3,(H,39,42)(H,43,44)/t27-,34+,37+,38+/m0/s1. The number of nitrogens with zero attached hydrogens (tertiary/aromatic N) is 1. The summed E-state index contributed by atoms with van der Waals surface area (Å²) in [6.45, 7) is 4.36. The molecule has 0 aliphatic carbocycles. The molecule has 3 N–H and O–H groups in total. The zero-order chi connectivity index (χ0) is 32.3. The Bertz CT molecular complexity index is 1490. The largest absolute Gasteiger partial charge is 0.481 e. The van der Waals surface area contributed by atoms with Crippen molar-refractivity contribution in [2.24, 2.45) is 5.92 Å². The summed E-state index contributed by atoms with van der Waals surface area (Å²) in [6.07, 6.45) is -0.668. The fourth-order valence-corrected chi connectivity index (χ4v) is 5.80. The highest BCUT2D eigenvalue weighted by Crippen LogP contribution is 2.42. The van der Waals surface area contributed by atoms with Crippen LogP contribution in [0.2, 0.25) is 0 Å². The molecule has 0 saturated carbocycles. The van der Waals surface area contributed by atoms with E-state index in [9.17, 15) is 14.7 Å². The van der Waals surface area contributed by atoms with Gasteiger partial charge in [0.2, 0.25) is 5.91 Å². The van der Waals surface area contributed by atoms with Gasteiger partial charge in [0.25, 0.3) is 0 Å². The van der Waals surface area contributed by atoms with Gasteiger partial charge in [-0.2, -0.15) is 0 Å². The molecule has 1 heterocycles. The molecule has 46 heavy (non-hydrogen) atoms. The first kappa shape index (κ1) is 33.0. The van der Waals surface area contributed by atoms with E-state index in [-0.39, 0.29) is 49.9 Å². The third-order valence-corrected chi connectivity index (χ3v) is 8.32. The molecule has 1 fully saturated rings. The predicted molar refractivity (Wildman–Crippen MR) is 177 cm³/mol. The van der Waals surface area contributed by atoms with E-state index < -0.39 is 12.3 Å². The lowest BCUT2D eigenvalue weighted by molar-refractivity contribution is -0.276. The molecule has 5 rings (SSSR count). The lowest BCUT2D eigenvalue weighted by Crippen LogP contribution is -2.44. The highest BCUT2D eigenvalue weighted by molar-refractivity contribution is 5.90. The maximum Gasteiger partial charge on any atom is 0.303 e. The number of hydrogen-bond acceptors (Lipinski definition) is 6. The first-order valence-corrected chi connectivity index (χ1v) is 15.8. The highest BCUT2D eigenvalue weighted by atomic mass is 16.7. The zero-order valence-corrected chi connectivity index (χ0v) is 26.1. The van der Waals surface area contributed by atoms with Crippen molar-refractivity contribution >= 4 is 17.6 Å². The van der Waals surface area contributed by atoms with Gasteiger partial charge in [-0.3, -0.25) is 14.5 Å². The number of ether oxygens (including phenoxy) is 2. The SMILES string of the molecule is C[C@H]1[C@@H](CN(Cc2ccccc2)Cc2ccccc2)O[C@@H](c2ccc(NC(=O)CCCC(=O)O)cc2)O[C@H]1c1ccc(CO)cc1. The molecule has 8 nitrogen and oxygen atoms in total. The summed E-state index contributed by atoms with van der Waals surface area (Å²) in [6, 6.07) is 36.2. The summed E-state index contributed by atoms with van der Waals surface area (Å²) >= 11 is 0. The number of carboxylic acids is 1. The molecule has 1 aliphatic rings. The van der Waals surface area contributed by atoms with Gasteiger partial charge in [-0.25, -0.2) is 0 Å². The maximum atomic E-state index is 12.3. The Morgan fingerprint density at radius 2 is 1.33 bits per heavy atom. The van der Waals surface area contributed by atoms with Crippen molar-refractivity contribution in [3.63, 3.8) is 0 Å². The number of amides is 1. The predicted octanol–water partition coefficient (Wildman–Crippen LogP) is 6.87. The minimum atomic E-state index is -0.914. The quantitative estimate of drug-likeness (QED) is 0.141. The van der Waals surface area contributed by atoms with Gasteiger partial charge in [-0.05, 0) is 40.8 Å². The summed E-state index contributed by atoms with van der Waals surface area (Å²) in [5, 5.41) is 21.3. The molecular formula is C38H42N2O6. The molecule has 0 spiro atoms. The van der Waals surface area contributed by atoms with Crippen LogP contribution in [0, 0.1) is 5.92 Å². The molecule has 8 heteroatoms. The second kappa shape index (κ2) is 16.3. The Kier molecular flexibility index (Phi) is 11.7. The first-order valence-electron chi connectivity index (χ1n) is 15.8. The van der Waals surface area contributed by atoms with Crippen molar-refractivity contribution in [2.75, 3.05) is 11.9 Å². The zero-order valence-electron chi connectivity index (χ0n) is 26.1. The summed E-state index contributed by atoms with van der Waals surface area (Å²) in [4.78, 5) is 25.5. The Balaban J connectivity index is 1.37. The van der Waals surface area contributed by atoms with Crippen LogP contribution in [0.15, 0.2) is 109 Å². The van der Waals surface area contributed by atoms with Crippen molar-refractivity contribution in [2.45, 2.75) is 64.4 Å². The summed E-state index contributed by atoms with van der Waals surface area (Å²) < 4.78 is 13.4. The van der Waals surface area contributed by atoms with Crippen LogP contribution in [0.25, 0.3) is 0 Å². The second-order valence-corrected chi connectivity index (χ2v) is 11.9. The monoisotopic (exact) mass is 622 g/mol. The first-order chi connectivity index (χ1) is 22.4. The van der Waals surface area contributed by atoms with Crippen LogP contribution in [-0.4, -0.2) is 39.6 Å². The van der Waals surface area contributed by atoms with Crippen molar-refractivity contribution < 1.29 is 29.3 Å². The average Bonchev–Trinajstić information content (AvgIpc) is 3.07. The van der Waals surface area contributed by atoms with Crippen LogP contribution in [0.3, 0.4) is 0 Å². The van der Waals surface area contributed by atoms with Crippen molar-refractivity contribution in [3.8, 4) is 0 Å². The van der Waals surface area contributed by atoms with Gasteiger partial charge in [0, 0.05) is 49.6 Å². The number of nitrogens with one attached hydrogen (secondary N) is 1. The highest BCUT2D eigenvalue weighted by Gasteiger charge is 2.39. The van der Waals surface area contributed by atoms with E-state index in [1.807, 2.05) is 60.7 Å². The van der Waals surface area contributed by atoms with Crippen LogP contribution in [0.4, 0.5) is 5.69 Å². The molecule has 240 valence electrons. The molecule has 0 radical (unpaired) electrons. The van der Waals surface area contributed by atoms with Crippen LogP contribution in [0.1, 0.15) is 66.4 Å². The molecule has 4 aromatic carbocycles. The number of anilines is 1. The number of carbonyl (C=O) groups excluding carboxylic acids is 1. The molecule has 1 saturated heterocycles. The average molecular weight is 623 g/mol. The fraction of sp³-hybridized carbons (Fsp3) is 0.316. The van der Waals surface area contributed by atoms with Gasteiger partial charge < -0.3 is 25.0 Å². The molecule has 4 aromatic rings. The van der Waals surface area contributed by atoms with Gasteiger partial charge >= 0.3 is 5.97 Å². The minimum Gasteiger partial charge on any atom is -0.481 e. The Hall–Kier alpha value is -4.34. The molecule has 0 unspecified atom stereocenters. The van der Waals surface area contributed by atoms with Crippen LogP contribution < -0.4 is 5.32 Å². The number of aliphatic hydroxyl groups excluding tert-OH is 1. The minimum absolute atomic E-state index is 0.0217. The number of hydrogen-bond donors (Lipinski definition) is 3. The summed E-state index contributed by atoms with van der Waals surface area (Å²) in [5.74, 6) is -1.12. The molecular weight excluding hydrogens is 580 g/mol. The molecule has 4 atom stereocenters. The van der Waals surface area contributed by atoms with Gasteiger partial charge in [0.1, 0.15) is 0 Å². The van der Waals surface area contributed by atoms with E-state index in [1.165, 1.54) is 11.1 Å². The van der Waals surface area contributed by atoms with Gasteiger partial charge in [-0.15, -0.1) is 0 Å². The van der Waals surface area contributed by atoms with Gasteiger partial charge in [0.15, 0.2) is 6.29 Å². The van der Waals surface area contributed by atoms with Gasteiger partial charge in [0.05, 0.1) is 18.8 Å². The summed E-state index contributed by atoms with van der Waals surface area (Å²) in [5.41, 5.74) is 5.77. The Morgan fingerprint density at radius 1 is 0.739 bits per heavy atom. The van der Waals surface area contributed by atoms with Crippen molar-refractivity contribution in [1.29, 1.82) is 0 Å². The fourth-order valence-electron chi connectivity index (χ4n) is 5.80. The smallest absolute Gasteiger partial charge is 0.303 e. The van der Waals surface area contributed by atoms with E-state index in [0.29, 0.717) is 12.2 Å². The number of aliphatic carboxylic acids is 1. The lowest BCUT2D eigenvalue weighted by atomic mass is 9.89. The van der Waals surface area contributed by atoms with Crippen molar-refractivity contribution in [3.05, 3.63) is 137 Å². The van der Waals surface area contributed by atoms with E-state index in [1.54, 1.807) is 0 Å². The van der Waals surface area contributed by atoms with Crippen LogP contribution in [0.5, 0.6) is 0 Å². The number of carbonyl (C=O) groups is 2. The van der Waals surface area contributed by atoms with E-state index in [4.69, 9.17) is 14.6 Å². The van der Waals surface area contributed by atoms with Crippen molar-refractivity contribution in [1.82, 2.24) is 4.90 Å². The molecule has 0 aromatic heterocycles. The van der Waals surface area contributed by atoms with E-state index >= 15 is 0 Å². The maximum absolute atomic E-state index is 12.3. The molecule has 0 bridgehead atoms. The molecule has 1 amide bonds. The van der Waals surface area contributed by atoms with Gasteiger partial charge in [-0.1, -0.05) is 104 Å². The van der Waals surface area contributed by atoms with E-state index in [0.717, 1.165) is 29.8 Å². The number of benzene rings is 4. The number of aliphatic hydroxyl groups is 1. The third-order valence-electron chi connectivity index (χ3n) is 8.32. The van der Waals surface area contributed by atoms with Crippen LogP contribution in [-0.2, 0) is 38.8 Å². The molecule has 1 aliphatic heterocycles. The normalized spacial score (nSPS) is 19.5. The summed E-state index contributed by atoms with van der Waals surface area (Å²) in [7, 11) is 0. The number of carboxylic acid groups (broad SMARTS) is 1. The second-order valence-electron chi connectivity index (χ2n) is 11.9. The lowest BCUT2D eigenvalue weighted by Gasteiger charge is -2.43. The Labute approximate surface area is 270 Å². The third kappa shape index (κ3) is 9.34. The number of rotatable bonds is 14. The topological polar surface area (TPSA) is 108 Å². The van der Waals surface area contributed by atoms with Crippen LogP contribution >= 0.6 is 0 Å². The Morgan fingerprint density at radius 3 is 1.89 bits per heavy atom. The van der Waals surface area contributed by atoms with E-state index in [2.05, 4.69) is 65.7 Å².